The van der Waals surface area contributed by atoms with Crippen molar-refractivity contribution in [3.8, 4) is 0 Å². The molecular weight excluding hydrogens is 314 g/mol. The second-order valence-electron chi connectivity index (χ2n) is 6.36. The van der Waals surface area contributed by atoms with Crippen molar-refractivity contribution in [3.05, 3.63) is 72.3 Å². The van der Waals surface area contributed by atoms with Crippen molar-refractivity contribution in [2.45, 2.75) is 25.6 Å². The van der Waals surface area contributed by atoms with Gasteiger partial charge in [-0.3, -0.25) is 9.78 Å². The average Bonchev–Trinajstić information content (AvgIpc) is 3.11. The molecule has 1 amide bonds. The third-order valence-electron chi connectivity index (χ3n) is 4.64. The Morgan fingerprint density at radius 1 is 1.16 bits per heavy atom. The molecule has 128 valence electrons. The highest BCUT2D eigenvalue weighted by Crippen LogP contribution is 2.19. The van der Waals surface area contributed by atoms with E-state index in [1.54, 1.807) is 6.20 Å². The van der Waals surface area contributed by atoms with E-state index in [4.69, 9.17) is 4.74 Å². The first kappa shape index (κ1) is 15.8. The minimum Gasteiger partial charge on any atom is -0.370 e. The van der Waals surface area contributed by atoms with E-state index in [-0.39, 0.29) is 12.0 Å². The number of amides is 1. The fourth-order valence-corrected chi connectivity index (χ4v) is 3.34. The van der Waals surface area contributed by atoms with Crippen molar-refractivity contribution < 1.29 is 9.53 Å². The Morgan fingerprint density at radius 3 is 2.96 bits per heavy atom. The summed E-state index contributed by atoms with van der Waals surface area (Å²) < 4.78 is 7.94. The fourth-order valence-electron chi connectivity index (χ4n) is 3.34. The maximum atomic E-state index is 12.9. The second kappa shape index (κ2) is 7.07. The third-order valence-corrected chi connectivity index (χ3v) is 4.64. The van der Waals surface area contributed by atoms with Gasteiger partial charge in [0.2, 0.25) is 0 Å². The highest BCUT2D eigenvalue weighted by molar-refractivity contribution is 5.94. The van der Waals surface area contributed by atoms with E-state index in [0.717, 1.165) is 30.6 Å². The number of pyridine rings is 2. The predicted octanol–water partition coefficient (Wildman–Crippen LogP) is 3.16. The highest BCUT2D eigenvalue weighted by atomic mass is 16.5. The van der Waals surface area contributed by atoms with Gasteiger partial charge in [-0.25, -0.2) is 0 Å². The number of nitrogens with zero attached hydrogens (tertiary/aromatic N) is 3. The van der Waals surface area contributed by atoms with Crippen LogP contribution in [0.25, 0.3) is 5.52 Å². The zero-order valence-corrected chi connectivity index (χ0v) is 14.0. The van der Waals surface area contributed by atoms with Gasteiger partial charge in [0.1, 0.15) is 5.69 Å². The smallest absolute Gasteiger partial charge is 0.270 e. The molecule has 5 nitrogen and oxygen atoms in total. The Kier molecular flexibility index (Phi) is 4.48. The lowest BCUT2D eigenvalue weighted by atomic mass is 10.1. The Labute approximate surface area is 146 Å². The molecule has 1 unspecified atom stereocenters. The van der Waals surface area contributed by atoms with Gasteiger partial charge in [-0.2, -0.15) is 0 Å². The first-order chi connectivity index (χ1) is 12.3. The number of rotatable bonds is 4. The molecule has 25 heavy (non-hydrogen) atoms. The van der Waals surface area contributed by atoms with Gasteiger partial charge in [0.25, 0.3) is 5.91 Å². The Morgan fingerprint density at radius 2 is 2.08 bits per heavy atom. The summed E-state index contributed by atoms with van der Waals surface area (Å²) in [6.07, 6.45) is 5.70. The second-order valence-corrected chi connectivity index (χ2v) is 6.36. The molecule has 1 aliphatic rings. The summed E-state index contributed by atoms with van der Waals surface area (Å²) >= 11 is 0. The zero-order chi connectivity index (χ0) is 17.1. The summed E-state index contributed by atoms with van der Waals surface area (Å²) in [6.45, 7) is 1.90. The number of hydrogen-bond acceptors (Lipinski definition) is 3. The quantitative estimate of drug-likeness (QED) is 0.736. The summed E-state index contributed by atoms with van der Waals surface area (Å²) in [5.74, 6) is 0.0670. The van der Waals surface area contributed by atoms with Crippen LogP contribution in [0.4, 0.5) is 0 Å². The molecule has 0 radical (unpaired) electrons. The van der Waals surface area contributed by atoms with Crippen LogP contribution in [-0.2, 0) is 11.3 Å². The number of fused-ring (bicyclic) bond motifs is 1. The van der Waals surface area contributed by atoms with Gasteiger partial charge in [0.15, 0.2) is 0 Å². The molecule has 5 heteroatoms. The molecule has 0 bridgehead atoms. The van der Waals surface area contributed by atoms with Crippen LogP contribution in [0.15, 0.2) is 60.9 Å². The number of aromatic nitrogens is 2. The molecule has 1 fully saturated rings. The Bertz CT molecular complexity index is 860. The van der Waals surface area contributed by atoms with Gasteiger partial charge in [0.05, 0.1) is 18.4 Å². The maximum Gasteiger partial charge on any atom is 0.270 e. The lowest BCUT2D eigenvalue weighted by Crippen LogP contribution is -2.43. The average molecular weight is 335 g/mol. The molecule has 3 aromatic heterocycles. The van der Waals surface area contributed by atoms with E-state index >= 15 is 0 Å². The van der Waals surface area contributed by atoms with E-state index < -0.39 is 0 Å². The van der Waals surface area contributed by atoms with Crippen molar-refractivity contribution in [1.82, 2.24) is 14.3 Å². The molecular formula is C20H21N3O2. The largest absolute Gasteiger partial charge is 0.370 e. The van der Waals surface area contributed by atoms with Crippen LogP contribution in [0.1, 0.15) is 29.0 Å². The topological polar surface area (TPSA) is 46.8 Å². The van der Waals surface area contributed by atoms with Crippen molar-refractivity contribution >= 4 is 11.4 Å². The van der Waals surface area contributed by atoms with Crippen LogP contribution in [-0.4, -0.2) is 39.4 Å². The van der Waals surface area contributed by atoms with E-state index in [2.05, 4.69) is 4.98 Å². The van der Waals surface area contributed by atoms with Crippen molar-refractivity contribution in [3.63, 3.8) is 0 Å². The van der Waals surface area contributed by atoms with Crippen LogP contribution in [0.2, 0.25) is 0 Å². The highest BCUT2D eigenvalue weighted by Gasteiger charge is 2.26. The Hall–Kier alpha value is -2.66. The van der Waals surface area contributed by atoms with Gasteiger partial charge >= 0.3 is 0 Å². The molecule has 0 spiro atoms. The van der Waals surface area contributed by atoms with Crippen molar-refractivity contribution in [2.24, 2.45) is 0 Å². The van der Waals surface area contributed by atoms with Gasteiger partial charge in [-0.1, -0.05) is 12.1 Å². The normalized spacial score (nSPS) is 17.8. The van der Waals surface area contributed by atoms with E-state index in [1.807, 2.05) is 64.0 Å². The standard InChI is InChI=1S/C20H21N3O2/c24-20(19-10-9-17-7-2-4-13-23(17)19)22-12-5-8-18(14-22)25-15-16-6-1-3-11-21-16/h1-4,6-7,9-11,13,18H,5,8,12,14-15H2. The maximum absolute atomic E-state index is 12.9. The number of ether oxygens (including phenoxy) is 1. The predicted molar refractivity (Wildman–Crippen MR) is 95.3 cm³/mol. The number of carbonyl (C=O) groups is 1. The van der Waals surface area contributed by atoms with Crippen LogP contribution in [0.5, 0.6) is 0 Å². The van der Waals surface area contributed by atoms with E-state index in [1.165, 1.54) is 0 Å². The number of hydrogen-bond donors (Lipinski definition) is 0. The zero-order valence-electron chi connectivity index (χ0n) is 14.0. The SMILES string of the molecule is O=C(c1ccc2ccccn12)N1CCCC(OCc2ccccn2)C1. The summed E-state index contributed by atoms with van der Waals surface area (Å²) in [4.78, 5) is 19.1. The van der Waals surface area contributed by atoms with Gasteiger partial charge < -0.3 is 14.0 Å². The van der Waals surface area contributed by atoms with Crippen LogP contribution < -0.4 is 0 Å². The molecule has 4 rings (SSSR count). The lowest BCUT2D eigenvalue weighted by Gasteiger charge is -2.32. The molecule has 3 aromatic rings. The van der Waals surface area contributed by atoms with E-state index in [9.17, 15) is 4.79 Å². The first-order valence-electron chi connectivity index (χ1n) is 8.68. The minimum atomic E-state index is 0.0610. The molecule has 1 saturated heterocycles. The lowest BCUT2D eigenvalue weighted by molar-refractivity contribution is -0.00803. The molecule has 1 aliphatic heterocycles. The number of likely N-dealkylation sites (tertiary alicyclic amines) is 1. The summed E-state index contributed by atoms with van der Waals surface area (Å²) in [6, 6.07) is 15.6. The van der Waals surface area contributed by atoms with Gasteiger partial charge in [-0.15, -0.1) is 0 Å². The molecule has 0 aliphatic carbocycles. The number of piperidine rings is 1. The molecule has 0 N–H and O–H groups in total. The monoisotopic (exact) mass is 335 g/mol. The van der Waals surface area contributed by atoms with Crippen LogP contribution >= 0.6 is 0 Å². The van der Waals surface area contributed by atoms with Gasteiger partial charge in [-0.05, 0) is 49.2 Å². The van der Waals surface area contributed by atoms with Crippen molar-refractivity contribution in [2.75, 3.05) is 13.1 Å². The number of carbonyl (C=O) groups excluding carboxylic acids is 1. The summed E-state index contributed by atoms with van der Waals surface area (Å²) in [5, 5.41) is 0. The van der Waals surface area contributed by atoms with Crippen LogP contribution in [0.3, 0.4) is 0 Å². The van der Waals surface area contributed by atoms with E-state index in [0.29, 0.717) is 18.8 Å². The molecule has 0 aromatic carbocycles. The van der Waals surface area contributed by atoms with Crippen molar-refractivity contribution in [1.29, 1.82) is 0 Å². The minimum absolute atomic E-state index is 0.0610. The summed E-state index contributed by atoms with van der Waals surface area (Å²) in [7, 11) is 0. The Balaban J connectivity index is 1.43. The fraction of sp³-hybridized carbons (Fsp3) is 0.300. The summed E-state index contributed by atoms with van der Waals surface area (Å²) in [5.41, 5.74) is 2.66. The third kappa shape index (κ3) is 3.42. The molecule has 1 atom stereocenters. The van der Waals surface area contributed by atoms with Gasteiger partial charge in [0, 0.05) is 31.0 Å². The first-order valence-corrected chi connectivity index (χ1v) is 8.68. The van der Waals surface area contributed by atoms with Crippen LogP contribution in [0, 0.1) is 0 Å². The molecule has 0 saturated carbocycles. The molecule has 4 heterocycles.